The van der Waals surface area contributed by atoms with E-state index in [4.69, 9.17) is 0 Å². The minimum Gasteiger partial charge on any atom is -0.480 e. The number of hydrogen-bond donors (Lipinski definition) is 1. The number of hydrogen-bond acceptors (Lipinski definition) is 2. The van der Waals surface area contributed by atoms with Gasteiger partial charge in [0.05, 0.1) is 6.04 Å². The Balaban J connectivity index is 1.80. The Kier molecular flexibility index (Phi) is 3.05. The molecule has 0 bridgehead atoms. The molecule has 2 aromatic rings. The van der Waals surface area contributed by atoms with Crippen molar-refractivity contribution in [1.82, 2.24) is 4.90 Å². The van der Waals surface area contributed by atoms with Gasteiger partial charge < -0.3 is 5.11 Å². The minimum absolute atomic E-state index is 0.00101. The molecule has 1 aliphatic heterocycles. The second kappa shape index (κ2) is 4.86. The van der Waals surface area contributed by atoms with Crippen molar-refractivity contribution in [3.8, 4) is 0 Å². The fourth-order valence-corrected chi connectivity index (χ4v) is 2.57. The van der Waals surface area contributed by atoms with Gasteiger partial charge in [0.25, 0.3) is 0 Å². The molecule has 0 radical (unpaired) electrons. The maximum atomic E-state index is 11.3. The van der Waals surface area contributed by atoms with Gasteiger partial charge in [0.2, 0.25) is 0 Å². The van der Waals surface area contributed by atoms with Crippen molar-refractivity contribution in [3.05, 3.63) is 71.8 Å². The Labute approximate surface area is 112 Å². The van der Waals surface area contributed by atoms with Crippen molar-refractivity contribution in [2.45, 2.75) is 18.6 Å². The number of carbonyl (C=O) groups is 1. The highest BCUT2D eigenvalue weighted by molar-refractivity contribution is 5.78. The van der Waals surface area contributed by atoms with E-state index < -0.39 is 12.0 Å². The molecule has 0 saturated carbocycles. The molecule has 3 atom stereocenters. The number of carboxylic acid groups (broad SMARTS) is 1. The molecular formula is C16H15NO2. The van der Waals surface area contributed by atoms with E-state index in [1.54, 1.807) is 0 Å². The van der Waals surface area contributed by atoms with Gasteiger partial charge in [0.15, 0.2) is 0 Å². The molecule has 3 heteroatoms. The molecule has 0 aromatic heterocycles. The van der Waals surface area contributed by atoms with E-state index in [-0.39, 0.29) is 6.04 Å². The molecular weight excluding hydrogens is 238 g/mol. The van der Waals surface area contributed by atoms with Gasteiger partial charge in [-0.25, -0.2) is 0 Å². The Hall–Kier alpha value is -2.13. The van der Waals surface area contributed by atoms with Gasteiger partial charge in [-0.3, -0.25) is 9.69 Å². The zero-order valence-electron chi connectivity index (χ0n) is 10.4. The zero-order chi connectivity index (χ0) is 13.2. The highest BCUT2D eigenvalue weighted by atomic mass is 16.4. The molecule has 1 saturated heterocycles. The van der Waals surface area contributed by atoms with Crippen LogP contribution in [-0.4, -0.2) is 22.0 Å². The lowest BCUT2D eigenvalue weighted by molar-refractivity contribution is -0.137. The fourth-order valence-electron chi connectivity index (χ4n) is 2.57. The average Bonchev–Trinajstić information content (AvgIpc) is 3.15. The summed E-state index contributed by atoms with van der Waals surface area (Å²) in [5.41, 5.74) is 2.22. The van der Waals surface area contributed by atoms with E-state index in [2.05, 4.69) is 0 Å². The van der Waals surface area contributed by atoms with Crippen molar-refractivity contribution >= 4 is 5.97 Å². The van der Waals surface area contributed by atoms with Gasteiger partial charge in [-0.15, -0.1) is 0 Å². The lowest BCUT2D eigenvalue weighted by atomic mass is 10.1. The summed E-state index contributed by atoms with van der Waals surface area (Å²) < 4.78 is 0. The van der Waals surface area contributed by atoms with E-state index in [0.717, 1.165) is 11.1 Å². The second-order valence-corrected chi connectivity index (χ2v) is 4.80. The zero-order valence-corrected chi connectivity index (χ0v) is 10.4. The van der Waals surface area contributed by atoms with Crippen LogP contribution in [0.25, 0.3) is 0 Å². The Morgan fingerprint density at radius 1 is 1.00 bits per heavy atom. The van der Waals surface area contributed by atoms with Crippen LogP contribution < -0.4 is 0 Å². The van der Waals surface area contributed by atoms with Crippen LogP contribution >= 0.6 is 0 Å². The van der Waals surface area contributed by atoms with Gasteiger partial charge >= 0.3 is 5.97 Å². The molecule has 3 nitrogen and oxygen atoms in total. The van der Waals surface area contributed by atoms with E-state index in [9.17, 15) is 9.90 Å². The van der Waals surface area contributed by atoms with E-state index >= 15 is 0 Å². The van der Waals surface area contributed by atoms with Crippen LogP contribution in [0.4, 0.5) is 0 Å². The summed E-state index contributed by atoms with van der Waals surface area (Å²) in [5, 5.41) is 9.29. The average molecular weight is 253 g/mol. The molecule has 1 aliphatic rings. The summed E-state index contributed by atoms with van der Waals surface area (Å²) >= 11 is 0. The highest BCUT2D eigenvalue weighted by Gasteiger charge is 2.53. The lowest BCUT2D eigenvalue weighted by Crippen LogP contribution is -2.11. The van der Waals surface area contributed by atoms with Crippen LogP contribution in [0, 0.1) is 0 Å². The first kappa shape index (κ1) is 11.9. The van der Waals surface area contributed by atoms with Crippen molar-refractivity contribution in [1.29, 1.82) is 0 Å². The summed E-state index contributed by atoms with van der Waals surface area (Å²) in [6, 6.07) is 19.4. The van der Waals surface area contributed by atoms with E-state index in [1.165, 1.54) is 0 Å². The number of rotatable bonds is 4. The largest absolute Gasteiger partial charge is 0.480 e. The summed E-state index contributed by atoms with van der Waals surface area (Å²) in [6.45, 7) is 0.678. The van der Waals surface area contributed by atoms with Crippen molar-refractivity contribution in [3.63, 3.8) is 0 Å². The third-order valence-electron chi connectivity index (χ3n) is 3.53. The summed E-state index contributed by atoms with van der Waals surface area (Å²) in [6.07, 6.45) is 0. The molecule has 1 heterocycles. The number of benzene rings is 2. The predicted molar refractivity (Wildman–Crippen MR) is 72.6 cm³/mol. The van der Waals surface area contributed by atoms with Crippen LogP contribution in [0.3, 0.4) is 0 Å². The second-order valence-electron chi connectivity index (χ2n) is 4.80. The molecule has 19 heavy (non-hydrogen) atoms. The van der Waals surface area contributed by atoms with Gasteiger partial charge in [-0.2, -0.15) is 0 Å². The van der Waals surface area contributed by atoms with Crippen LogP contribution in [0.5, 0.6) is 0 Å². The molecule has 1 unspecified atom stereocenters. The van der Waals surface area contributed by atoms with Gasteiger partial charge in [-0.05, 0) is 11.1 Å². The lowest BCUT2D eigenvalue weighted by Gasteiger charge is -2.03. The van der Waals surface area contributed by atoms with Crippen LogP contribution in [0.1, 0.15) is 17.2 Å². The molecule has 1 N–H and O–H groups in total. The first-order valence-corrected chi connectivity index (χ1v) is 6.35. The number of aliphatic carboxylic acids is 1. The highest BCUT2D eigenvalue weighted by Crippen LogP contribution is 2.44. The first-order valence-electron chi connectivity index (χ1n) is 6.35. The molecule has 0 spiro atoms. The topological polar surface area (TPSA) is 40.3 Å². The Morgan fingerprint density at radius 3 is 2.16 bits per heavy atom. The normalized spacial score (nSPS) is 24.9. The SMILES string of the molecule is O=C(O)[C@@H]1[C@H](c2ccccc2)N1Cc1ccccc1. The third-order valence-corrected chi connectivity index (χ3v) is 3.53. The fraction of sp³-hybridized carbons (Fsp3) is 0.188. The standard InChI is InChI=1S/C16H15NO2/c18-16(19)15-14(13-9-5-2-6-10-13)17(15)11-12-7-3-1-4-8-12/h1-10,14-15H,11H2,(H,18,19)/t14-,15-,17?/m0/s1. The first-order chi connectivity index (χ1) is 9.27. The maximum absolute atomic E-state index is 11.3. The minimum atomic E-state index is -0.746. The molecule has 3 rings (SSSR count). The van der Waals surface area contributed by atoms with Gasteiger partial charge in [0.1, 0.15) is 6.04 Å². The van der Waals surface area contributed by atoms with Crippen molar-refractivity contribution in [2.75, 3.05) is 0 Å². The molecule has 0 amide bonds. The van der Waals surface area contributed by atoms with Crippen LogP contribution in [-0.2, 0) is 11.3 Å². The maximum Gasteiger partial charge on any atom is 0.322 e. The van der Waals surface area contributed by atoms with Gasteiger partial charge in [0, 0.05) is 6.54 Å². The smallest absolute Gasteiger partial charge is 0.322 e. The van der Waals surface area contributed by atoms with Gasteiger partial charge in [-0.1, -0.05) is 60.7 Å². The molecule has 0 aliphatic carbocycles. The summed E-state index contributed by atoms with van der Waals surface area (Å²) in [7, 11) is 0. The number of nitrogens with zero attached hydrogens (tertiary/aromatic N) is 1. The van der Waals surface area contributed by atoms with Crippen molar-refractivity contribution in [2.24, 2.45) is 0 Å². The summed E-state index contributed by atoms with van der Waals surface area (Å²) in [5.74, 6) is -0.746. The number of carboxylic acids is 1. The quantitative estimate of drug-likeness (QED) is 0.852. The van der Waals surface area contributed by atoms with E-state index in [0.29, 0.717) is 6.54 Å². The van der Waals surface area contributed by atoms with Crippen molar-refractivity contribution < 1.29 is 9.90 Å². The molecule has 96 valence electrons. The summed E-state index contributed by atoms with van der Waals surface area (Å²) in [4.78, 5) is 13.3. The van der Waals surface area contributed by atoms with Crippen LogP contribution in [0.2, 0.25) is 0 Å². The Bertz CT molecular complexity index is 568. The monoisotopic (exact) mass is 253 g/mol. The molecule has 1 fully saturated rings. The Morgan fingerprint density at radius 2 is 1.58 bits per heavy atom. The van der Waals surface area contributed by atoms with E-state index in [1.807, 2.05) is 65.6 Å². The predicted octanol–water partition coefficient (Wildman–Crippen LogP) is 2.70. The third kappa shape index (κ3) is 2.37. The molecule has 2 aromatic carbocycles. The van der Waals surface area contributed by atoms with Crippen LogP contribution in [0.15, 0.2) is 60.7 Å².